The number of nitrogens with zero attached hydrogens (tertiary/aromatic N) is 4. The van der Waals surface area contributed by atoms with Gasteiger partial charge in [-0.1, -0.05) is 0 Å². The van der Waals surface area contributed by atoms with Gasteiger partial charge in [0.15, 0.2) is 11.5 Å². The molecule has 7 atom stereocenters. The second-order valence-electron chi connectivity index (χ2n) is 6.88. The summed E-state index contributed by atoms with van der Waals surface area (Å²) >= 11 is 0. The van der Waals surface area contributed by atoms with Crippen molar-refractivity contribution in [3.63, 3.8) is 0 Å². The van der Waals surface area contributed by atoms with Crippen LogP contribution in [0.2, 0.25) is 0 Å². The lowest BCUT2D eigenvalue weighted by Gasteiger charge is -2.27. The summed E-state index contributed by atoms with van der Waals surface area (Å²) in [6.07, 6.45) is -6.10. The molecule has 2 aromatic rings. The minimum atomic E-state index is -5.77. The Hall–Kier alpha value is -1.40. The monoisotopic (exact) mass is 551 g/mol. The SMILES string of the molecule is Nc1ncnc2c1ncn2[C@H]1C[C@H](O)[C@H](O)[C@H](O)[C@@H](COP(=O)(O)OP(=O)(O)OP(=O)(O)O)O1. The number of nitrogen functional groups attached to an aromatic ring is 1. The predicted octanol–water partition coefficient (Wildman–Crippen LogP) is -1.88. The molecule has 0 spiro atoms. The van der Waals surface area contributed by atoms with Gasteiger partial charge in [-0.05, 0) is 0 Å². The normalized spacial score (nSPS) is 29.9. The fraction of sp³-hybridized carbons (Fsp3) is 0.583. The van der Waals surface area contributed by atoms with Crippen LogP contribution in [-0.4, -0.2) is 85.4 Å². The molecule has 3 heterocycles. The summed E-state index contributed by atoms with van der Waals surface area (Å²) in [7, 11) is -16.9. The third-order valence-corrected chi connectivity index (χ3v) is 8.22. The van der Waals surface area contributed by atoms with Crippen molar-refractivity contribution in [3.05, 3.63) is 12.7 Å². The number of rotatable bonds is 8. The Labute approximate surface area is 189 Å². The zero-order chi connectivity index (χ0) is 25.5. The molecule has 0 aliphatic carbocycles. The lowest BCUT2D eigenvalue weighted by molar-refractivity contribution is -0.129. The first-order valence-electron chi connectivity index (χ1n) is 8.99. The molecule has 0 radical (unpaired) electrons. The fourth-order valence-corrected chi connectivity index (χ4v) is 6.03. The van der Waals surface area contributed by atoms with Gasteiger partial charge < -0.3 is 45.4 Å². The number of aromatic nitrogens is 4. The van der Waals surface area contributed by atoms with E-state index in [2.05, 4.69) is 28.1 Å². The standard InChI is InChI=1S/C12H20N5O14P3/c13-11-8-12(15-3-14-11)17(4-16-8)7-1-5(18)9(19)10(20)6(29-7)2-28-33(24,25)31-34(26,27)30-32(21,22)23/h3-7,9-10,18-20H,1-2H2,(H,24,25)(H,26,27)(H2,13,14,15)(H2,21,22,23)/t5-,6+,7+,9-,10+/m0/s1. The van der Waals surface area contributed by atoms with Crippen molar-refractivity contribution >= 4 is 40.4 Å². The Morgan fingerprint density at radius 3 is 2.35 bits per heavy atom. The molecule has 1 fully saturated rings. The van der Waals surface area contributed by atoms with E-state index >= 15 is 0 Å². The summed E-state index contributed by atoms with van der Waals surface area (Å²) in [5.41, 5.74) is 6.05. The van der Waals surface area contributed by atoms with Gasteiger partial charge in [0.1, 0.15) is 36.4 Å². The van der Waals surface area contributed by atoms with Crippen LogP contribution in [0, 0.1) is 0 Å². The molecule has 1 aliphatic heterocycles. The van der Waals surface area contributed by atoms with Gasteiger partial charge in [0.2, 0.25) is 0 Å². The largest absolute Gasteiger partial charge is 0.490 e. The van der Waals surface area contributed by atoms with Crippen LogP contribution in [0.25, 0.3) is 11.2 Å². The van der Waals surface area contributed by atoms with Crippen molar-refractivity contribution < 1.29 is 66.5 Å². The quantitative estimate of drug-likeness (QED) is 0.166. The van der Waals surface area contributed by atoms with E-state index in [0.29, 0.717) is 0 Å². The average Bonchev–Trinajstić information content (AvgIpc) is 3.07. The van der Waals surface area contributed by atoms with E-state index in [0.717, 1.165) is 6.33 Å². The highest BCUT2D eigenvalue weighted by Gasteiger charge is 2.44. The number of nitrogens with two attached hydrogens (primary N) is 1. The zero-order valence-electron chi connectivity index (χ0n) is 16.7. The minimum Gasteiger partial charge on any atom is -0.390 e. The molecule has 1 aliphatic rings. The Bertz CT molecular complexity index is 1170. The van der Waals surface area contributed by atoms with Crippen LogP contribution in [0.15, 0.2) is 12.7 Å². The molecule has 0 saturated carbocycles. The molecule has 0 bridgehead atoms. The van der Waals surface area contributed by atoms with Crippen LogP contribution in [0.5, 0.6) is 0 Å². The van der Waals surface area contributed by atoms with E-state index in [1.54, 1.807) is 0 Å². The number of imidazole rings is 1. The number of aliphatic hydroxyl groups excluding tert-OH is 3. The highest BCUT2D eigenvalue weighted by atomic mass is 31.3. The number of fused-ring (bicyclic) bond motifs is 1. The summed E-state index contributed by atoms with van der Waals surface area (Å²) in [5.74, 6) is 0.0298. The topological polar surface area (TPSA) is 299 Å². The maximum atomic E-state index is 12.0. The number of ether oxygens (including phenoxy) is 1. The summed E-state index contributed by atoms with van der Waals surface area (Å²) in [4.78, 5) is 47.7. The predicted molar refractivity (Wildman–Crippen MR) is 106 cm³/mol. The number of aliphatic hydroxyl groups is 3. The molecule has 0 amide bonds. The minimum absolute atomic E-state index is 0.0298. The number of hydrogen-bond acceptors (Lipinski definition) is 14. The molecule has 192 valence electrons. The smallest absolute Gasteiger partial charge is 0.390 e. The van der Waals surface area contributed by atoms with Crippen molar-refractivity contribution in [3.8, 4) is 0 Å². The number of phosphoric ester groups is 1. The molecule has 22 heteroatoms. The Morgan fingerprint density at radius 2 is 1.71 bits per heavy atom. The first-order valence-corrected chi connectivity index (χ1v) is 13.5. The van der Waals surface area contributed by atoms with Gasteiger partial charge in [-0.25, -0.2) is 28.6 Å². The van der Waals surface area contributed by atoms with Gasteiger partial charge >= 0.3 is 23.5 Å². The lowest BCUT2D eigenvalue weighted by Crippen LogP contribution is -2.44. The summed E-state index contributed by atoms with van der Waals surface area (Å²) < 4.78 is 52.7. The highest BCUT2D eigenvalue weighted by molar-refractivity contribution is 7.66. The lowest BCUT2D eigenvalue weighted by atomic mass is 10.0. The summed E-state index contributed by atoms with van der Waals surface area (Å²) in [6, 6.07) is 0. The van der Waals surface area contributed by atoms with Gasteiger partial charge in [-0.3, -0.25) is 9.09 Å². The maximum Gasteiger partial charge on any atom is 0.490 e. The Morgan fingerprint density at radius 1 is 1.03 bits per heavy atom. The van der Waals surface area contributed by atoms with Crippen molar-refractivity contribution in [2.24, 2.45) is 0 Å². The van der Waals surface area contributed by atoms with E-state index in [4.69, 9.17) is 20.3 Å². The second-order valence-corrected chi connectivity index (χ2v) is 11.3. The molecule has 9 N–H and O–H groups in total. The Kier molecular flexibility index (Phi) is 7.94. The molecular weight excluding hydrogens is 531 g/mol. The van der Waals surface area contributed by atoms with Crippen molar-refractivity contribution in [2.75, 3.05) is 12.3 Å². The van der Waals surface area contributed by atoms with Crippen LogP contribution in [0.4, 0.5) is 5.82 Å². The average molecular weight is 551 g/mol. The number of phosphoric acid groups is 3. The molecule has 34 heavy (non-hydrogen) atoms. The fourth-order valence-electron chi connectivity index (χ4n) is 3.00. The Balaban J connectivity index is 1.79. The number of hydrogen-bond donors (Lipinski definition) is 8. The van der Waals surface area contributed by atoms with E-state index < -0.39 is 60.7 Å². The molecule has 2 unspecified atom stereocenters. The molecular formula is C12H20N5O14P3. The van der Waals surface area contributed by atoms with E-state index in [9.17, 15) is 38.8 Å². The molecule has 3 rings (SSSR count). The van der Waals surface area contributed by atoms with Gasteiger partial charge in [0.25, 0.3) is 0 Å². The van der Waals surface area contributed by atoms with E-state index in [1.807, 2.05) is 0 Å². The zero-order valence-corrected chi connectivity index (χ0v) is 19.3. The maximum absolute atomic E-state index is 12.0. The van der Waals surface area contributed by atoms with Crippen LogP contribution in [0.1, 0.15) is 12.6 Å². The molecule has 19 nitrogen and oxygen atoms in total. The molecule has 0 aromatic carbocycles. The highest BCUT2D eigenvalue weighted by Crippen LogP contribution is 2.66. The van der Waals surface area contributed by atoms with Crippen LogP contribution in [-0.2, 0) is 31.6 Å². The van der Waals surface area contributed by atoms with Gasteiger partial charge in [0, 0.05) is 6.42 Å². The summed E-state index contributed by atoms with van der Waals surface area (Å²) in [5, 5.41) is 30.7. The third kappa shape index (κ3) is 6.63. The van der Waals surface area contributed by atoms with Crippen molar-refractivity contribution in [1.29, 1.82) is 0 Å². The van der Waals surface area contributed by atoms with E-state index in [1.165, 1.54) is 10.9 Å². The van der Waals surface area contributed by atoms with E-state index in [-0.39, 0.29) is 23.4 Å². The van der Waals surface area contributed by atoms with Crippen molar-refractivity contribution in [2.45, 2.75) is 37.1 Å². The van der Waals surface area contributed by atoms with Gasteiger partial charge in [-0.2, -0.15) is 8.62 Å². The van der Waals surface area contributed by atoms with Crippen molar-refractivity contribution in [1.82, 2.24) is 19.5 Å². The third-order valence-electron chi connectivity index (χ3n) is 4.42. The molecule has 2 aromatic heterocycles. The first-order chi connectivity index (χ1) is 15.6. The van der Waals surface area contributed by atoms with Gasteiger partial charge in [0.05, 0.1) is 19.0 Å². The van der Waals surface area contributed by atoms with Crippen LogP contribution in [0.3, 0.4) is 0 Å². The van der Waals surface area contributed by atoms with Crippen LogP contribution < -0.4 is 5.73 Å². The number of anilines is 1. The summed E-state index contributed by atoms with van der Waals surface area (Å²) in [6.45, 7) is -1.07. The second kappa shape index (κ2) is 9.93. The molecule has 1 saturated heterocycles. The van der Waals surface area contributed by atoms with Gasteiger partial charge in [-0.15, -0.1) is 0 Å². The van der Waals surface area contributed by atoms with Crippen LogP contribution >= 0.6 is 23.5 Å². The first kappa shape index (κ1) is 27.2.